The van der Waals surface area contributed by atoms with Gasteiger partial charge in [-0.25, -0.2) is 8.78 Å². The summed E-state index contributed by atoms with van der Waals surface area (Å²) in [5, 5.41) is 3.15. The number of hydrogen-bond donors (Lipinski definition) is 2. The molecular formula is C20H28F2N2O. The van der Waals surface area contributed by atoms with Crippen LogP contribution >= 0.6 is 0 Å². The van der Waals surface area contributed by atoms with Gasteiger partial charge in [0.25, 0.3) is 0 Å². The minimum Gasteiger partial charge on any atom is -0.381 e. The van der Waals surface area contributed by atoms with E-state index in [1.807, 2.05) is 0 Å². The number of benzene rings is 1. The second-order valence-electron chi connectivity index (χ2n) is 7.85. The predicted molar refractivity (Wildman–Crippen MR) is 95.3 cm³/mol. The number of halogens is 2. The van der Waals surface area contributed by atoms with Gasteiger partial charge >= 0.3 is 0 Å². The molecule has 1 amide bonds. The second-order valence-corrected chi connectivity index (χ2v) is 7.85. The van der Waals surface area contributed by atoms with Crippen LogP contribution in [-0.4, -0.2) is 11.9 Å². The van der Waals surface area contributed by atoms with Gasteiger partial charge in [0.2, 0.25) is 5.91 Å². The molecule has 3 N–H and O–H groups in total. The molecule has 138 valence electrons. The maximum absolute atomic E-state index is 14.6. The summed E-state index contributed by atoms with van der Waals surface area (Å²) in [7, 11) is 0. The van der Waals surface area contributed by atoms with Crippen LogP contribution in [0.2, 0.25) is 0 Å². The number of hydrogen-bond acceptors (Lipinski definition) is 2. The molecule has 2 aliphatic rings. The first-order valence-electron chi connectivity index (χ1n) is 9.50. The first-order valence-corrected chi connectivity index (χ1v) is 9.50. The maximum Gasteiger partial charge on any atom is 0.222 e. The number of amides is 1. The number of carbonyl (C=O) groups is 1. The Kier molecular flexibility index (Phi) is 5.60. The molecule has 1 aromatic rings. The molecule has 0 bridgehead atoms. The van der Waals surface area contributed by atoms with Gasteiger partial charge in [-0.15, -0.1) is 0 Å². The van der Waals surface area contributed by atoms with Crippen molar-refractivity contribution in [3.63, 3.8) is 0 Å². The molecule has 0 radical (unpaired) electrons. The summed E-state index contributed by atoms with van der Waals surface area (Å²) in [6.45, 7) is 2.19. The Hall–Kier alpha value is -1.65. The molecule has 0 spiro atoms. The molecule has 0 saturated heterocycles. The Morgan fingerprint density at radius 3 is 2.24 bits per heavy atom. The van der Waals surface area contributed by atoms with Crippen LogP contribution in [0.4, 0.5) is 14.5 Å². The summed E-state index contributed by atoms with van der Waals surface area (Å²) in [4.78, 5) is 11.6. The van der Waals surface area contributed by atoms with Crippen LogP contribution in [0.15, 0.2) is 12.1 Å². The Labute approximate surface area is 148 Å². The Bertz CT molecular complexity index is 603. The molecule has 2 unspecified atom stereocenters. The van der Waals surface area contributed by atoms with E-state index in [4.69, 9.17) is 5.73 Å². The van der Waals surface area contributed by atoms with Crippen LogP contribution in [0.25, 0.3) is 0 Å². The lowest BCUT2D eigenvalue weighted by Crippen LogP contribution is -2.40. The van der Waals surface area contributed by atoms with Crippen LogP contribution in [0.5, 0.6) is 0 Å². The maximum atomic E-state index is 14.6. The quantitative estimate of drug-likeness (QED) is 0.826. The van der Waals surface area contributed by atoms with Gasteiger partial charge in [-0.1, -0.05) is 32.6 Å². The highest BCUT2D eigenvalue weighted by atomic mass is 19.1. The highest BCUT2D eigenvalue weighted by Gasteiger charge is 2.30. The normalized spacial score (nSPS) is 30.0. The number of carbonyl (C=O) groups excluding carboxylic acids is 1. The van der Waals surface area contributed by atoms with Crippen LogP contribution < -0.4 is 11.1 Å². The molecule has 5 heteroatoms. The fourth-order valence-electron chi connectivity index (χ4n) is 4.46. The van der Waals surface area contributed by atoms with E-state index in [0.29, 0.717) is 11.6 Å². The molecule has 3 nitrogen and oxygen atoms in total. The van der Waals surface area contributed by atoms with E-state index in [2.05, 4.69) is 12.2 Å². The predicted octanol–water partition coefficient (Wildman–Crippen LogP) is 4.71. The zero-order valence-electron chi connectivity index (χ0n) is 14.9. The molecule has 3 rings (SSSR count). The van der Waals surface area contributed by atoms with E-state index in [1.54, 1.807) is 0 Å². The lowest BCUT2D eigenvalue weighted by Gasteiger charge is -2.31. The van der Waals surface area contributed by atoms with E-state index in [9.17, 15) is 13.6 Å². The van der Waals surface area contributed by atoms with E-state index in [-0.39, 0.29) is 29.3 Å². The fraction of sp³-hybridized carbons (Fsp3) is 0.650. The van der Waals surface area contributed by atoms with Gasteiger partial charge in [-0.2, -0.15) is 0 Å². The van der Waals surface area contributed by atoms with Gasteiger partial charge in [0, 0.05) is 17.3 Å². The highest BCUT2D eigenvalue weighted by Crippen LogP contribution is 2.39. The van der Waals surface area contributed by atoms with Crippen molar-refractivity contribution in [1.29, 1.82) is 0 Å². The first kappa shape index (κ1) is 18.2. The third kappa shape index (κ3) is 4.13. The van der Waals surface area contributed by atoms with Crippen LogP contribution in [0.3, 0.4) is 0 Å². The minimum absolute atomic E-state index is 0.0294. The van der Waals surface area contributed by atoms with Crippen molar-refractivity contribution in [2.24, 2.45) is 17.6 Å². The number of nitrogens with one attached hydrogen (secondary N) is 1. The molecule has 0 aromatic heterocycles. The van der Waals surface area contributed by atoms with E-state index < -0.39 is 11.6 Å². The van der Waals surface area contributed by atoms with Gasteiger partial charge in [0.05, 0.1) is 5.92 Å². The van der Waals surface area contributed by atoms with E-state index in [1.165, 1.54) is 12.1 Å². The van der Waals surface area contributed by atoms with Crippen LogP contribution in [-0.2, 0) is 4.79 Å². The SMILES string of the molecule is CC1CCC(c2c(F)cc(NC3CCCCC3C(N)=O)cc2F)CC1. The van der Waals surface area contributed by atoms with Crippen molar-refractivity contribution in [2.75, 3.05) is 5.32 Å². The lowest BCUT2D eigenvalue weighted by molar-refractivity contribution is -0.122. The van der Waals surface area contributed by atoms with Gasteiger partial charge in [-0.3, -0.25) is 4.79 Å². The van der Waals surface area contributed by atoms with Crippen molar-refractivity contribution in [3.05, 3.63) is 29.3 Å². The number of rotatable bonds is 4. The number of nitrogens with two attached hydrogens (primary N) is 1. The van der Waals surface area contributed by atoms with E-state index in [0.717, 1.165) is 51.4 Å². The average molecular weight is 350 g/mol. The summed E-state index contributed by atoms with van der Waals surface area (Å²) < 4.78 is 29.3. The zero-order chi connectivity index (χ0) is 18.0. The Morgan fingerprint density at radius 1 is 1.04 bits per heavy atom. The molecule has 0 aliphatic heterocycles. The van der Waals surface area contributed by atoms with Gasteiger partial charge < -0.3 is 11.1 Å². The largest absolute Gasteiger partial charge is 0.381 e. The van der Waals surface area contributed by atoms with Crippen molar-refractivity contribution < 1.29 is 13.6 Å². The summed E-state index contributed by atoms with van der Waals surface area (Å²) >= 11 is 0. The Balaban J connectivity index is 1.76. The van der Waals surface area contributed by atoms with Crippen molar-refractivity contribution in [2.45, 2.75) is 70.3 Å². The van der Waals surface area contributed by atoms with Crippen LogP contribution in [0, 0.1) is 23.5 Å². The monoisotopic (exact) mass is 350 g/mol. The summed E-state index contributed by atoms with van der Waals surface area (Å²) in [5.74, 6) is -0.967. The third-order valence-electron chi connectivity index (χ3n) is 5.99. The molecule has 2 aliphatic carbocycles. The Morgan fingerprint density at radius 2 is 1.64 bits per heavy atom. The van der Waals surface area contributed by atoms with Crippen molar-refractivity contribution in [3.8, 4) is 0 Å². The standard InChI is InChI=1S/C20H28F2N2O/c1-12-6-8-13(9-7-12)19-16(21)10-14(11-17(19)22)24-18-5-3-2-4-15(18)20(23)25/h10-13,15,18,24H,2-9H2,1H3,(H2,23,25). The molecular weight excluding hydrogens is 322 g/mol. The lowest BCUT2D eigenvalue weighted by atomic mass is 9.79. The zero-order valence-corrected chi connectivity index (χ0v) is 14.9. The van der Waals surface area contributed by atoms with E-state index >= 15 is 0 Å². The summed E-state index contributed by atoms with van der Waals surface area (Å²) in [5.41, 5.74) is 6.11. The van der Waals surface area contributed by atoms with Gasteiger partial charge in [0.15, 0.2) is 0 Å². The third-order valence-corrected chi connectivity index (χ3v) is 5.99. The molecule has 2 saturated carbocycles. The number of anilines is 1. The molecule has 25 heavy (non-hydrogen) atoms. The van der Waals surface area contributed by atoms with Gasteiger partial charge in [-0.05, 0) is 49.7 Å². The highest BCUT2D eigenvalue weighted by molar-refractivity contribution is 5.78. The van der Waals surface area contributed by atoms with Crippen LogP contribution in [0.1, 0.15) is 69.8 Å². The molecule has 1 aromatic carbocycles. The second kappa shape index (κ2) is 7.71. The smallest absolute Gasteiger partial charge is 0.222 e. The molecule has 2 fully saturated rings. The summed E-state index contributed by atoms with van der Waals surface area (Å²) in [6.07, 6.45) is 7.20. The number of primary amides is 1. The first-order chi connectivity index (χ1) is 12.0. The minimum atomic E-state index is -0.478. The summed E-state index contributed by atoms with van der Waals surface area (Å²) in [6, 6.07) is 2.61. The topological polar surface area (TPSA) is 55.1 Å². The molecule has 0 heterocycles. The molecule has 2 atom stereocenters. The van der Waals surface area contributed by atoms with Crippen molar-refractivity contribution in [1.82, 2.24) is 0 Å². The van der Waals surface area contributed by atoms with Gasteiger partial charge in [0.1, 0.15) is 11.6 Å². The fourth-order valence-corrected chi connectivity index (χ4v) is 4.46. The average Bonchev–Trinajstić information content (AvgIpc) is 2.56. The van der Waals surface area contributed by atoms with Crippen molar-refractivity contribution >= 4 is 11.6 Å².